The molecule has 27 heavy (non-hydrogen) atoms. The van der Waals surface area contributed by atoms with Crippen molar-refractivity contribution in [3.05, 3.63) is 59.8 Å². The second kappa shape index (κ2) is 12.1. The largest absolute Gasteiger partial charge is 0.370 e. The SMILES string of the molecule is CCCC(=O)N(CCCCCCNc1ccccn1)Cc1ccc(C)cc1. The fourth-order valence-electron chi connectivity index (χ4n) is 3.04. The Labute approximate surface area is 164 Å². The first kappa shape index (κ1) is 20.9. The fourth-order valence-corrected chi connectivity index (χ4v) is 3.04. The molecule has 0 spiro atoms. The van der Waals surface area contributed by atoms with Crippen molar-refractivity contribution in [3.8, 4) is 0 Å². The quantitative estimate of drug-likeness (QED) is 0.525. The van der Waals surface area contributed by atoms with E-state index in [-0.39, 0.29) is 5.91 Å². The molecule has 0 saturated carbocycles. The first-order chi connectivity index (χ1) is 13.2. The maximum Gasteiger partial charge on any atom is 0.222 e. The smallest absolute Gasteiger partial charge is 0.222 e. The molecule has 0 unspecified atom stereocenters. The van der Waals surface area contributed by atoms with Crippen LogP contribution in [0.3, 0.4) is 0 Å². The second-order valence-corrected chi connectivity index (χ2v) is 7.11. The van der Waals surface area contributed by atoms with Crippen molar-refractivity contribution < 1.29 is 4.79 Å². The molecule has 0 aliphatic heterocycles. The number of nitrogens with one attached hydrogen (secondary N) is 1. The van der Waals surface area contributed by atoms with Gasteiger partial charge in [0, 0.05) is 32.3 Å². The Bertz CT molecular complexity index is 655. The molecule has 0 aliphatic rings. The predicted molar refractivity (Wildman–Crippen MR) is 113 cm³/mol. The van der Waals surface area contributed by atoms with Crippen molar-refractivity contribution >= 4 is 11.7 Å². The van der Waals surface area contributed by atoms with Crippen molar-refractivity contribution in [1.82, 2.24) is 9.88 Å². The average molecular weight is 368 g/mol. The number of rotatable bonds is 12. The van der Waals surface area contributed by atoms with Crippen LogP contribution in [-0.2, 0) is 11.3 Å². The summed E-state index contributed by atoms with van der Waals surface area (Å²) in [6, 6.07) is 14.4. The monoisotopic (exact) mass is 367 g/mol. The lowest BCUT2D eigenvalue weighted by molar-refractivity contribution is -0.131. The van der Waals surface area contributed by atoms with E-state index in [4.69, 9.17) is 0 Å². The molecule has 1 amide bonds. The molecule has 0 fully saturated rings. The van der Waals surface area contributed by atoms with Gasteiger partial charge in [0.25, 0.3) is 0 Å². The summed E-state index contributed by atoms with van der Waals surface area (Å²) in [6.45, 7) is 6.67. The summed E-state index contributed by atoms with van der Waals surface area (Å²) >= 11 is 0. The van der Waals surface area contributed by atoms with E-state index in [0.717, 1.165) is 51.1 Å². The van der Waals surface area contributed by atoms with Gasteiger partial charge in [-0.15, -0.1) is 0 Å². The van der Waals surface area contributed by atoms with E-state index in [0.29, 0.717) is 6.42 Å². The lowest BCUT2D eigenvalue weighted by Gasteiger charge is -2.23. The number of hydrogen-bond donors (Lipinski definition) is 1. The van der Waals surface area contributed by atoms with Crippen molar-refractivity contribution in [2.45, 2.75) is 58.9 Å². The highest BCUT2D eigenvalue weighted by molar-refractivity contribution is 5.76. The number of pyridine rings is 1. The molecule has 1 heterocycles. The van der Waals surface area contributed by atoms with E-state index in [2.05, 4.69) is 48.4 Å². The number of aryl methyl sites for hydroxylation is 1. The number of carbonyl (C=O) groups is 1. The molecule has 4 nitrogen and oxygen atoms in total. The van der Waals surface area contributed by atoms with Crippen molar-refractivity contribution in [3.63, 3.8) is 0 Å². The van der Waals surface area contributed by atoms with E-state index in [9.17, 15) is 4.79 Å². The second-order valence-electron chi connectivity index (χ2n) is 7.11. The molecule has 1 aromatic carbocycles. The number of unbranched alkanes of at least 4 members (excludes halogenated alkanes) is 3. The maximum absolute atomic E-state index is 12.4. The number of aromatic nitrogens is 1. The van der Waals surface area contributed by atoms with Gasteiger partial charge in [0.1, 0.15) is 5.82 Å². The van der Waals surface area contributed by atoms with Crippen LogP contribution < -0.4 is 5.32 Å². The van der Waals surface area contributed by atoms with Gasteiger partial charge in [0.05, 0.1) is 0 Å². The van der Waals surface area contributed by atoms with Gasteiger partial charge >= 0.3 is 0 Å². The summed E-state index contributed by atoms with van der Waals surface area (Å²) in [5, 5.41) is 3.34. The van der Waals surface area contributed by atoms with E-state index in [1.165, 1.54) is 17.5 Å². The minimum atomic E-state index is 0.273. The van der Waals surface area contributed by atoms with Crippen LogP contribution in [-0.4, -0.2) is 28.9 Å². The number of carbonyl (C=O) groups excluding carboxylic acids is 1. The lowest BCUT2D eigenvalue weighted by Crippen LogP contribution is -2.31. The van der Waals surface area contributed by atoms with Gasteiger partial charge in [0.2, 0.25) is 5.91 Å². The van der Waals surface area contributed by atoms with Gasteiger partial charge in [-0.05, 0) is 43.9 Å². The molecule has 1 aromatic heterocycles. The van der Waals surface area contributed by atoms with Crippen molar-refractivity contribution in [2.24, 2.45) is 0 Å². The van der Waals surface area contributed by atoms with Crippen LogP contribution in [0.5, 0.6) is 0 Å². The van der Waals surface area contributed by atoms with Crippen LogP contribution in [0, 0.1) is 6.92 Å². The molecule has 0 radical (unpaired) electrons. The summed E-state index contributed by atoms with van der Waals surface area (Å²) in [5.74, 6) is 1.21. The van der Waals surface area contributed by atoms with Gasteiger partial charge in [-0.25, -0.2) is 4.98 Å². The minimum absolute atomic E-state index is 0.273. The highest BCUT2D eigenvalue weighted by Gasteiger charge is 2.12. The third kappa shape index (κ3) is 8.25. The Kier molecular flexibility index (Phi) is 9.39. The van der Waals surface area contributed by atoms with Gasteiger partial charge in [-0.1, -0.05) is 55.7 Å². The van der Waals surface area contributed by atoms with Gasteiger partial charge in [-0.3, -0.25) is 4.79 Å². The molecule has 146 valence electrons. The van der Waals surface area contributed by atoms with Gasteiger partial charge in [0.15, 0.2) is 0 Å². The molecule has 4 heteroatoms. The Balaban J connectivity index is 1.68. The predicted octanol–water partition coefficient (Wildman–Crippen LogP) is 5.19. The molecular weight excluding hydrogens is 334 g/mol. The molecule has 0 atom stereocenters. The van der Waals surface area contributed by atoms with E-state index in [1.807, 2.05) is 23.1 Å². The molecule has 1 N–H and O–H groups in total. The first-order valence-corrected chi connectivity index (χ1v) is 10.2. The van der Waals surface area contributed by atoms with Crippen LogP contribution in [0.1, 0.15) is 56.6 Å². The Hall–Kier alpha value is -2.36. The summed E-state index contributed by atoms with van der Waals surface area (Å²) < 4.78 is 0. The normalized spacial score (nSPS) is 10.6. The zero-order valence-electron chi connectivity index (χ0n) is 16.8. The summed E-state index contributed by atoms with van der Waals surface area (Å²) in [5.41, 5.74) is 2.47. The van der Waals surface area contributed by atoms with Gasteiger partial charge in [-0.2, -0.15) is 0 Å². The average Bonchev–Trinajstić information content (AvgIpc) is 2.69. The third-order valence-electron chi connectivity index (χ3n) is 4.64. The third-order valence-corrected chi connectivity index (χ3v) is 4.64. The number of nitrogens with zero attached hydrogens (tertiary/aromatic N) is 2. The number of benzene rings is 1. The molecule has 2 aromatic rings. The van der Waals surface area contributed by atoms with E-state index >= 15 is 0 Å². The number of hydrogen-bond acceptors (Lipinski definition) is 3. The Morgan fingerprint density at radius 3 is 2.52 bits per heavy atom. The van der Waals surface area contributed by atoms with Gasteiger partial charge < -0.3 is 10.2 Å². The van der Waals surface area contributed by atoms with Crippen LogP contribution in [0.25, 0.3) is 0 Å². The summed E-state index contributed by atoms with van der Waals surface area (Å²) in [4.78, 5) is 18.7. The molecule has 0 saturated heterocycles. The fraction of sp³-hybridized carbons (Fsp3) is 0.478. The van der Waals surface area contributed by atoms with Crippen LogP contribution >= 0.6 is 0 Å². The van der Waals surface area contributed by atoms with E-state index < -0.39 is 0 Å². The summed E-state index contributed by atoms with van der Waals surface area (Å²) in [6.07, 6.45) is 7.84. The number of anilines is 1. The Morgan fingerprint density at radius 1 is 1.04 bits per heavy atom. The molecular formula is C23H33N3O. The molecule has 0 bridgehead atoms. The molecule has 0 aliphatic carbocycles. The highest BCUT2D eigenvalue weighted by Crippen LogP contribution is 2.11. The number of amides is 1. The molecule has 2 rings (SSSR count). The van der Waals surface area contributed by atoms with Crippen molar-refractivity contribution in [2.75, 3.05) is 18.4 Å². The van der Waals surface area contributed by atoms with Crippen LogP contribution in [0.2, 0.25) is 0 Å². The Morgan fingerprint density at radius 2 is 1.81 bits per heavy atom. The van der Waals surface area contributed by atoms with Crippen LogP contribution in [0.4, 0.5) is 5.82 Å². The topological polar surface area (TPSA) is 45.2 Å². The van der Waals surface area contributed by atoms with Crippen molar-refractivity contribution in [1.29, 1.82) is 0 Å². The summed E-state index contributed by atoms with van der Waals surface area (Å²) in [7, 11) is 0. The zero-order valence-corrected chi connectivity index (χ0v) is 16.8. The zero-order chi connectivity index (χ0) is 19.3. The lowest BCUT2D eigenvalue weighted by atomic mass is 10.1. The first-order valence-electron chi connectivity index (χ1n) is 10.2. The van der Waals surface area contributed by atoms with E-state index in [1.54, 1.807) is 6.20 Å². The minimum Gasteiger partial charge on any atom is -0.370 e. The van der Waals surface area contributed by atoms with Crippen LogP contribution in [0.15, 0.2) is 48.7 Å². The highest BCUT2D eigenvalue weighted by atomic mass is 16.2. The standard InChI is InChI=1S/C23H33N3O/c1-3-10-23(27)26(19-21-14-12-20(2)13-15-21)18-9-5-4-7-16-24-22-11-6-8-17-25-22/h6,8,11-15,17H,3-5,7,9-10,16,18-19H2,1-2H3,(H,24,25). The maximum atomic E-state index is 12.4.